The summed E-state index contributed by atoms with van der Waals surface area (Å²) < 4.78 is 5.39. The molecule has 0 saturated carbocycles. The van der Waals surface area contributed by atoms with Gasteiger partial charge in [-0.3, -0.25) is 0 Å². The van der Waals surface area contributed by atoms with Crippen LogP contribution < -0.4 is 15.4 Å². The van der Waals surface area contributed by atoms with Gasteiger partial charge in [-0.25, -0.2) is 4.98 Å². The van der Waals surface area contributed by atoms with Gasteiger partial charge in [-0.1, -0.05) is 24.4 Å². The van der Waals surface area contributed by atoms with Gasteiger partial charge in [-0.15, -0.1) is 0 Å². The van der Waals surface area contributed by atoms with Crippen LogP contribution in [0.2, 0.25) is 5.02 Å². The standard InChI is InChI=1S/C18H23ClN4O/c1-12-10-17(22-18(20)21-12)23-9-5-3-4-6-16(23)14-11-13(24-2)7-8-15(14)19/h7-8,10-11,16H,3-6,9H2,1-2H3,(H2,20,21,22)/t16-/m1/s1. The van der Waals surface area contributed by atoms with Gasteiger partial charge in [0.2, 0.25) is 5.95 Å². The van der Waals surface area contributed by atoms with Crippen LogP contribution in [0.3, 0.4) is 0 Å². The highest BCUT2D eigenvalue weighted by Gasteiger charge is 2.26. The molecule has 3 rings (SSSR count). The van der Waals surface area contributed by atoms with E-state index >= 15 is 0 Å². The van der Waals surface area contributed by atoms with E-state index in [4.69, 9.17) is 22.1 Å². The second-order valence-electron chi connectivity index (χ2n) is 6.17. The van der Waals surface area contributed by atoms with Gasteiger partial charge < -0.3 is 15.4 Å². The summed E-state index contributed by atoms with van der Waals surface area (Å²) in [5.74, 6) is 1.99. The highest BCUT2D eigenvalue weighted by atomic mass is 35.5. The third kappa shape index (κ3) is 3.56. The maximum atomic E-state index is 6.52. The lowest BCUT2D eigenvalue weighted by Gasteiger charge is -2.32. The number of anilines is 2. The third-order valence-corrected chi connectivity index (χ3v) is 4.81. The molecule has 1 aromatic heterocycles. The predicted molar refractivity (Wildman–Crippen MR) is 97.7 cm³/mol. The molecule has 0 spiro atoms. The summed E-state index contributed by atoms with van der Waals surface area (Å²) >= 11 is 6.52. The zero-order valence-electron chi connectivity index (χ0n) is 14.1. The number of hydrogen-bond acceptors (Lipinski definition) is 5. The van der Waals surface area contributed by atoms with Crippen LogP contribution >= 0.6 is 11.6 Å². The van der Waals surface area contributed by atoms with Crippen molar-refractivity contribution in [1.29, 1.82) is 0 Å². The fourth-order valence-corrected chi connectivity index (χ4v) is 3.58. The number of ether oxygens (including phenoxy) is 1. The summed E-state index contributed by atoms with van der Waals surface area (Å²) in [6, 6.07) is 7.97. The van der Waals surface area contributed by atoms with E-state index in [9.17, 15) is 0 Å². The number of aromatic nitrogens is 2. The van der Waals surface area contributed by atoms with Crippen LogP contribution in [0.1, 0.15) is 43.0 Å². The van der Waals surface area contributed by atoms with Crippen molar-refractivity contribution in [2.75, 3.05) is 24.3 Å². The van der Waals surface area contributed by atoms with Crippen molar-refractivity contribution >= 4 is 23.4 Å². The molecule has 5 nitrogen and oxygen atoms in total. The number of nitrogens with two attached hydrogens (primary N) is 1. The Labute approximate surface area is 147 Å². The van der Waals surface area contributed by atoms with Crippen molar-refractivity contribution in [3.05, 3.63) is 40.5 Å². The Balaban J connectivity index is 2.05. The highest BCUT2D eigenvalue weighted by molar-refractivity contribution is 6.31. The molecule has 2 N–H and O–H groups in total. The molecule has 1 saturated heterocycles. The first-order chi connectivity index (χ1) is 11.6. The molecule has 6 heteroatoms. The van der Waals surface area contributed by atoms with Crippen molar-refractivity contribution in [2.45, 2.75) is 38.6 Å². The van der Waals surface area contributed by atoms with Crippen molar-refractivity contribution < 1.29 is 4.74 Å². The van der Waals surface area contributed by atoms with Gasteiger partial charge in [0, 0.05) is 23.3 Å². The summed E-state index contributed by atoms with van der Waals surface area (Å²) in [6.07, 6.45) is 4.51. The average molecular weight is 347 g/mol. The van der Waals surface area contributed by atoms with E-state index in [1.807, 2.05) is 31.2 Å². The number of hydrogen-bond donors (Lipinski definition) is 1. The number of halogens is 1. The van der Waals surface area contributed by atoms with E-state index < -0.39 is 0 Å². The van der Waals surface area contributed by atoms with E-state index in [-0.39, 0.29) is 6.04 Å². The minimum atomic E-state index is 0.156. The molecule has 0 bridgehead atoms. The summed E-state index contributed by atoms with van der Waals surface area (Å²) in [7, 11) is 1.67. The number of nitrogens with zero attached hydrogens (tertiary/aromatic N) is 3. The Kier molecular flexibility index (Phi) is 5.09. The second kappa shape index (κ2) is 7.26. The molecule has 128 valence electrons. The second-order valence-corrected chi connectivity index (χ2v) is 6.58. The fraction of sp³-hybridized carbons (Fsp3) is 0.444. The Morgan fingerprint density at radius 1 is 1.21 bits per heavy atom. The van der Waals surface area contributed by atoms with Gasteiger partial charge in [0.25, 0.3) is 0 Å². The molecular weight excluding hydrogens is 324 g/mol. The number of aryl methyl sites for hydroxylation is 1. The quantitative estimate of drug-likeness (QED) is 0.904. The smallest absolute Gasteiger partial charge is 0.222 e. The summed E-state index contributed by atoms with van der Waals surface area (Å²) in [5, 5.41) is 0.756. The van der Waals surface area contributed by atoms with Gasteiger partial charge in [0.1, 0.15) is 11.6 Å². The number of benzene rings is 1. The molecule has 24 heavy (non-hydrogen) atoms. The predicted octanol–water partition coefficient (Wildman–Crippen LogP) is 4.15. The van der Waals surface area contributed by atoms with Gasteiger partial charge in [0.15, 0.2) is 0 Å². The molecule has 2 aromatic rings. The zero-order valence-corrected chi connectivity index (χ0v) is 14.9. The Morgan fingerprint density at radius 2 is 2.04 bits per heavy atom. The topological polar surface area (TPSA) is 64.3 Å². The molecule has 0 unspecified atom stereocenters. The molecule has 0 amide bonds. The van der Waals surface area contributed by atoms with E-state index in [0.29, 0.717) is 5.95 Å². The van der Waals surface area contributed by atoms with Crippen molar-refractivity contribution in [1.82, 2.24) is 9.97 Å². The monoisotopic (exact) mass is 346 g/mol. The van der Waals surface area contributed by atoms with Gasteiger partial charge in [-0.2, -0.15) is 4.98 Å². The normalized spacial score (nSPS) is 18.3. The van der Waals surface area contributed by atoms with Gasteiger partial charge in [0.05, 0.1) is 13.2 Å². The number of nitrogen functional groups attached to an aromatic ring is 1. The molecule has 1 atom stereocenters. The molecule has 1 aliphatic heterocycles. The Hall–Kier alpha value is -2.01. The number of methoxy groups -OCH3 is 1. The van der Waals surface area contributed by atoms with Crippen LogP contribution in [0.4, 0.5) is 11.8 Å². The lowest BCUT2D eigenvalue weighted by atomic mass is 10.00. The van der Waals surface area contributed by atoms with Crippen LogP contribution in [0.15, 0.2) is 24.3 Å². The van der Waals surface area contributed by atoms with Crippen molar-refractivity contribution in [3.63, 3.8) is 0 Å². The summed E-state index contributed by atoms with van der Waals surface area (Å²) in [4.78, 5) is 11.0. The largest absolute Gasteiger partial charge is 0.497 e. The van der Waals surface area contributed by atoms with Crippen LogP contribution in [-0.4, -0.2) is 23.6 Å². The van der Waals surface area contributed by atoms with E-state index in [0.717, 1.165) is 53.7 Å². The van der Waals surface area contributed by atoms with Crippen LogP contribution in [-0.2, 0) is 0 Å². The zero-order chi connectivity index (χ0) is 17.1. The SMILES string of the molecule is COc1ccc(Cl)c([C@H]2CCCCCN2c2cc(C)nc(N)n2)c1. The van der Waals surface area contributed by atoms with Crippen molar-refractivity contribution in [2.24, 2.45) is 0 Å². The Morgan fingerprint density at radius 3 is 2.79 bits per heavy atom. The average Bonchev–Trinajstić information content (AvgIpc) is 2.80. The summed E-state index contributed by atoms with van der Waals surface area (Å²) in [6.45, 7) is 2.86. The molecule has 2 heterocycles. The first-order valence-corrected chi connectivity index (χ1v) is 8.67. The summed E-state index contributed by atoms with van der Waals surface area (Å²) in [5.41, 5.74) is 7.82. The highest BCUT2D eigenvalue weighted by Crippen LogP contribution is 2.38. The van der Waals surface area contributed by atoms with Gasteiger partial charge in [-0.05, 0) is 43.5 Å². The fourth-order valence-electron chi connectivity index (χ4n) is 3.33. The van der Waals surface area contributed by atoms with Gasteiger partial charge >= 0.3 is 0 Å². The lowest BCUT2D eigenvalue weighted by Crippen LogP contribution is -2.30. The van der Waals surface area contributed by atoms with Crippen LogP contribution in [0, 0.1) is 6.92 Å². The molecular formula is C18H23ClN4O. The molecule has 0 aliphatic carbocycles. The maximum Gasteiger partial charge on any atom is 0.222 e. The molecule has 1 aliphatic rings. The molecule has 1 aromatic carbocycles. The Bertz CT molecular complexity index is 702. The third-order valence-electron chi connectivity index (χ3n) is 4.47. The molecule has 1 fully saturated rings. The van der Waals surface area contributed by atoms with E-state index in [1.54, 1.807) is 7.11 Å². The minimum absolute atomic E-state index is 0.156. The molecule has 0 radical (unpaired) electrons. The lowest BCUT2D eigenvalue weighted by molar-refractivity contribution is 0.413. The maximum absolute atomic E-state index is 6.52. The first-order valence-electron chi connectivity index (χ1n) is 8.29. The van der Waals surface area contributed by atoms with Crippen molar-refractivity contribution in [3.8, 4) is 5.75 Å². The van der Waals surface area contributed by atoms with E-state index in [2.05, 4.69) is 14.9 Å². The van der Waals surface area contributed by atoms with Crippen LogP contribution in [0.5, 0.6) is 5.75 Å². The van der Waals surface area contributed by atoms with E-state index in [1.165, 1.54) is 6.42 Å². The minimum Gasteiger partial charge on any atom is -0.497 e. The van der Waals surface area contributed by atoms with Crippen LogP contribution in [0.25, 0.3) is 0 Å². The number of rotatable bonds is 3. The first kappa shape index (κ1) is 16.8.